The van der Waals surface area contributed by atoms with Gasteiger partial charge in [0.2, 0.25) is 0 Å². The van der Waals surface area contributed by atoms with Crippen LogP contribution in [0.5, 0.6) is 0 Å². The van der Waals surface area contributed by atoms with Crippen molar-refractivity contribution in [1.82, 2.24) is 0 Å². The van der Waals surface area contributed by atoms with E-state index in [9.17, 15) is 0 Å². The van der Waals surface area contributed by atoms with Crippen LogP contribution in [0.4, 0.5) is 0 Å². The van der Waals surface area contributed by atoms with E-state index in [1.54, 1.807) is 0 Å². The molecule has 1 atom stereocenters. The maximum Gasteiger partial charge on any atom is 0.0220 e. The quantitative estimate of drug-likeness (QED) is 0.588. The molecule has 0 saturated carbocycles. The first-order valence-electron chi connectivity index (χ1n) is 2.92. The molecule has 0 spiro atoms. The first-order chi connectivity index (χ1) is 4.20. The van der Waals surface area contributed by atoms with Crippen LogP contribution in [0.1, 0.15) is 13.3 Å². The van der Waals surface area contributed by atoms with E-state index >= 15 is 0 Å². The van der Waals surface area contributed by atoms with E-state index in [0.717, 1.165) is 5.92 Å². The van der Waals surface area contributed by atoms with Crippen molar-refractivity contribution in [3.8, 4) is 0 Å². The normalized spacial score (nSPS) is 27.2. The summed E-state index contributed by atoms with van der Waals surface area (Å²) in [6.45, 7) is 2.25. The molecule has 0 fully saturated rings. The van der Waals surface area contributed by atoms with Gasteiger partial charge in [0, 0.05) is 7.16 Å². The third-order valence-electron chi connectivity index (χ3n) is 1.33. The molecule has 0 radical (unpaired) electrons. The van der Waals surface area contributed by atoms with E-state index in [4.69, 9.17) is 0 Å². The van der Waals surface area contributed by atoms with Crippen LogP contribution < -0.4 is 0 Å². The Bertz CT molecular complexity index is 168. The third kappa shape index (κ3) is 2.22. The van der Waals surface area contributed by atoms with Gasteiger partial charge in [-0.3, -0.25) is 0 Å². The molecule has 0 aromatic heterocycles. The lowest BCUT2D eigenvalue weighted by Crippen LogP contribution is -1.94. The van der Waals surface area contributed by atoms with E-state index in [1.165, 1.54) is 13.6 Å². The molecule has 9 heavy (non-hydrogen) atoms. The predicted octanol–water partition coefficient (Wildman–Crippen LogP) is 3.66. The number of halogens is 2. The van der Waals surface area contributed by atoms with Crippen LogP contribution in [0, 0.1) is 5.92 Å². The summed E-state index contributed by atoms with van der Waals surface area (Å²) >= 11 is 4.80. The summed E-state index contributed by atoms with van der Waals surface area (Å²) in [5.41, 5.74) is 0. The third-order valence-corrected chi connectivity index (χ3v) is 4.40. The van der Waals surface area contributed by atoms with Gasteiger partial charge in [0.05, 0.1) is 0 Å². The lowest BCUT2D eigenvalue weighted by molar-refractivity contribution is 0.733. The van der Waals surface area contributed by atoms with Crippen LogP contribution in [0.3, 0.4) is 0 Å². The summed E-state index contributed by atoms with van der Waals surface area (Å²) in [6.07, 6.45) is 5.70. The molecule has 0 bridgehead atoms. The summed E-state index contributed by atoms with van der Waals surface area (Å²) < 4.78 is 2.91. The molecule has 0 aliphatic heterocycles. The number of hydrogen-bond donors (Lipinski definition) is 0. The van der Waals surface area contributed by atoms with Crippen LogP contribution in [0.15, 0.2) is 19.3 Å². The first kappa shape index (κ1) is 8.04. The maximum absolute atomic E-state index is 2.42. The van der Waals surface area contributed by atoms with Gasteiger partial charge in [-0.15, -0.1) is 0 Å². The molecule has 2 heteroatoms. The first-order valence-corrected chi connectivity index (χ1v) is 5.08. The predicted molar refractivity (Wildman–Crippen MR) is 58.0 cm³/mol. The summed E-state index contributed by atoms with van der Waals surface area (Å²) in [4.78, 5) is 0. The molecular weight excluding hydrogens is 338 g/mol. The Morgan fingerprint density at radius 3 is 2.67 bits per heavy atom. The Morgan fingerprint density at radius 1 is 1.56 bits per heavy atom. The second kappa shape index (κ2) is 3.37. The fourth-order valence-corrected chi connectivity index (χ4v) is 2.09. The van der Waals surface area contributed by atoms with Crippen molar-refractivity contribution >= 4 is 45.2 Å². The number of hydrogen-bond acceptors (Lipinski definition) is 0. The molecule has 50 valence electrons. The molecule has 1 aliphatic rings. The van der Waals surface area contributed by atoms with Crippen LogP contribution in [0.25, 0.3) is 0 Å². The molecule has 0 aromatic carbocycles. The molecule has 0 amide bonds. The topological polar surface area (TPSA) is 0 Å². The van der Waals surface area contributed by atoms with Crippen LogP contribution in [-0.4, -0.2) is 0 Å². The van der Waals surface area contributed by atoms with E-state index in [2.05, 4.69) is 64.3 Å². The molecule has 0 N–H and O–H groups in total. The SMILES string of the molecule is C[C@H]1C=CC(I)=C(I)C1. The lowest BCUT2D eigenvalue weighted by Gasteiger charge is -2.11. The van der Waals surface area contributed by atoms with E-state index in [0.29, 0.717) is 0 Å². The molecule has 1 rings (SSSR count). The molecule has 0 heterocycles. The number of allylic oxidation sites excluding steroid dienone is 4. The smallest absolute Gasteiger partial charge is 0.0220 e. The van der Waals surface area contributed by atoms with Gasteiger partial charge in [0.15, 0.2) is 0 Å². The molecule has 0 unspecified atom stereocenters. The standard InChI is InChI=1S/C7H8I2/c1-5-2-3-6(8)7(9)4-5/h2-3,5H,4H2,1H3/t5-/m0/s1. The fourth-order valence-electron chi connectivity index (χ4n) is 0.787. The van der Waals surface area contributed by atoms with Gasteiger partial charge >= 0.3 is 0 Å². The van der Waals surface area contributed by atoms with Crippen molar-refractivity contribution in [2.75, 3.05) is 0 Å². The van der Waals surface area contributed by atoms with Crippen molar-refractivity contribution in [1.29, 1.82) is 0 Å². The van der Waals surface area contributed by atoms with Gasteiger partial charge in [-0.05, 0) is 57.5 Å². The lowest BCUT2D eigenvalue weighted by atomic mass is 10.0. The minimum Gasteiger partial charge on any atom is -0.0803 e. The van der Waals surface area contributed by atoms with Gasteiger partial charge in [0.25, 0.3) is 0 Å². The second-order valence-corrected chi connectivity index (χ2v) is 4.76. The largest absolute Gasteiger partial charge is 0.0803 e. The molecule has 0 nitrogen and oxygen atoms in total. The molecule has 0 saturated heterocycles. The molecular formula is C7H8I2. The monoisotopic (exact) mass is 346 g/mol. The van der Waals surface area contributed by atoms with Gasteiger partial charge < -0.3 is 0 Å². The highest BCUT2D eigenvalue weighted by molar-refractivity contribution is 14.1. The zero-order chi connectivity index (χ0) is 6.85. The Morgan fingerprint density at radius 2 is 2.22 bits per heavy atom. The zero-order valence-electron chi connectivity index (χ0n) is 5.20. The molecule has 0 aromatic rings. The van der Waals surface area contributed by atoms with Gasteiger partial charge in [0.1, 0.15) is 0 Å². The second-order valence-electron chi connectivity index (χ2n) is 2.29. The summed E-state index contributed by atoms with van der Waals surface area (Å²) in [5, 5.41) is 0. The van der Waals surface area contributed by atoms with Crippen LogP contribution in [-0.2, 0) is 0 Å². The Hall–Kier alpha value is 0.940. The highest BCUT2D eigenvalue weighted by Crippen LogP contribution is 2.31. The van der Waals surface area contributed by atoms with Crippen molar-refractivity contribution in [2.45, 2.75) is 13.3 Å². The summed E-state index contributed by atoms with van der Waals surface area (Å²) in [5.74, 6) is 0.746. The number of rotatable bonds is 0. The minimum atomic E-state index is 0.746. The minimum absolute atomic E-state index is 0.746. The highest BCUT2D eigenvalue weighted by Gasteiger charge is 2.07. The van der Waals surface area contributed by atoms with Crippen molar-refractivity contribution in [3.63, 3.8) is 0 Å². The van der Waals surface area contributed by atoms with Crippen molar-refractivity contribution in [2.24, 2.45) is 5.92 Å². The summed E-state index contributed by atoms with van der Waals surface area (Å²) in [7, 11) is 0. The van der Waals surface area contributed by atoms with Gasteiger partial charge in [-0.25, -0.2) is 0 Å². The zero-order valence-corrected chi connectivity index (χ0v) is 9.51. The van der Waals surface area contributed by atoms with Crippen molar-refractivity contribution < 1.29 is 0 Å². The van der Waals surface area contributed by atoms with Crippen LogP contribution in [0.2, 0.25) is 0 Å². The molecule has 1 aliphatic carbocycles. The Labute approximate surface area is 83.1 Å². The average molecular weight is 346 g/mol. The van der Waals surface area contributed by atoms with E-state index < -0.39 is 0 Å². The van der Waals surface area contributed by atoms with E-state index in [-0.39, 0.29) is 0 Å². The maximum atomic E-state index is 2.42. The van der Waals surface area contributed by atoms with Gasteiger partial charge in [-0.1, -0.05) is 19.1 Å². The van der Waals surface area contributed by atoms with E-state index in [1.807, 2.05) is 0 Å². The van der Waals surface area contributed by atoms with Crippen molar-refractivity contribution in [3.05, 3.63) is 19.3 Å². The highest BCUT2D eigenvalue weighted by atomic mass is 127. The fraction of sp³-hybridized carbons (Fsp3) is 0.429. The Kier molecular flexibility index (Phi) is 3.01. The summed E-state index contributed by atoms with van der Waals surface area (Å²) in [6, 6.07) is 0. The van der Waals surface area contributed by atoms with Gasteiger partial charge in [-0.2, -0.15) is 0 Å². The van der Waals surface area contributed by atoms with Crippen LogP contribution >= 0.6 is 45.2 Å². The average Bonchev–Trinajstić information content (AvgIpc) is 1.80. The Balaban J connectivity index is 2.75.